The lowest BCUT2D eigenvalue weighted by atomic mass is 10.5. The minimum atomic E-state index is -4.33. The van der Waals surface area contributed by atoms with Crippen LogP contribution in [0.2, 0.25) is 0 Å². The summed E-state index contributed by atoms with van der Waals surface area (Å²) in [6, 6.07) is 0. The van der Waals surface area contributed by atoms with Crippen molar-refractivity contribution in [2.75, 3.05) is 12.0 Å². The van der Waals surface area contributed by atoms with Crippen LogP contribution in [0.15, 0.2) is 0 Å². The Bertz CT molecular complexity index is 280. The molecule has 0 saturated carbocycles. The zero-order valence-electron chi connectivity index (χ0n) is 6.54. The smallest absolute Gasteiger partial charge is 0.323 e. The van der Waals surface area contributed by atoms with E-state index in [1.54, 1.807) is 0 Å². The minimum absolute atomic E-state index is 0.219. The zero-order chi connectivity index (χ0) is 9.99. The van der Waals surface area contributed by atoms with Crippen LogP contribution in [-0.2, 0) is 14.4 Å². The third kappa shape index (κ3) is 5.68. The summed E-state index contributed by atoms with van der Waals surface area (Å²) in [4.78, 5) is 16.9. The summed E-state index contributed by atoms with van der Waals surface area (Å²) in [5.41, 5.74) is 5.03. The Morgan fingerprint density at radius 3 is 2.17 bits per heavy atom. The Hall–Kier alpha value is 0.0600. The second kappa shape index (κ2) is 3.85. The molecule has 0 spiro atoms. The first-order chi connectivity index (χ1) is 5.13. The fraction of sp³-hybridized carbons (Fsp3) is 1.00. The number of rotatable bonds is 4. The number of hydrogen-bond donors (Lipinski definition) is 3. The minimum Gasteiger partial charge on any atom is -0.323 e. The van der Waals surface area contributed by atoms with Gasteiger partial charge in [-0.3, -0.25) is 4.57 Å². The van der Waals surface area contributed by atoms with Crippen LogP contribution in [-0.4, -0.2) is 36.0 Å². The molecule has 0 radical (unpaired) electrons. The summed E-state index contributed by atoms with van der Waals surface area (Å²) in [7, 11) is -7.53. The van der Waals surface area contributed by atoms with Gasteiger partial charge in [-0.15, -0.1) is 0 Å². The van der Waals surface area contributed by atoms with Crippen LogP contribution in [0.25, 0.3) is 0 Å². The molecule has 0 aromatic carbocycles. The van der Waals surface area contributed by atoms with Gasteiger partial charge in [0.1, 0.15) is 15.6 Å². The fourth-order valence-corrected chi connectivity index (χ4v) is 1.83. The normalized spacial score (nSPS) is 16.0. The van der Waals surface area contributed by atoms with E-state index in [0.717, 1.165) is 6.26 Å². The first-order valence-electron chi connectivity index (χ1n) is 3.11. The molecule has 0 fully saturated rings. The van der Waals surface area contributed by atoms with E-state index in [1.807, 2.05) is 0 Å². The molecule has 0 bridgehead atoms. The van der Waals surface area contributed by atoms with Crippen LogP contribution in [0.5, 0.6) is 0 Å². The summed E-state index contributed by atoms with van der Waals surface area (Å²) in [6.45, 7) is 0. The Balaban J connectivity index is 4.06. The van der Waals surface area contributed by atoms with Crippen LogP contribution < -0.4 is 5.73 Å². The van der Waals surface area contributed by atoms with E-state index in [0.29, 0.717) is 0 Å². The molecule has 0 aromatic rings. The largest absolute Gasteiger partial charge is 0.342 e. The van der Waals surface area contributed by atoms with E-state index in [2.05, 4.69) is 0 Å². The molecule has 0 heterocycles. The number of nitrogens with two attached hydrogens (primary N) is 1. The molecule has 0 aliphatic heterocycles. The standard InChI is InChI=1S/C4H12NO5PS/c1-12(9,10)3-2-4(5)11(6,7)8/h4H,2-3,5H2,1H3,(H2,6,7,8)/t4-/m0/s1. The van der Waals surface area contributed by atoms with E-state index in [4.69, 9.17) is 15.5 Å². The van der Waals surface area contributed by atoms with Crippen molar-refractivity contribution in [3.63, 3.8) is 0 Å². The fourth-order valence-electron chi connectivity index (χ4n) is 0.503. The lowest BCUT2D eigenvalue weighted by Gasteiger charge is -2.11. The summed E-state index contributed by atoms with van der Waals surface area (Å²) in [5, 5.41) is 0. The van der Waals surface area contributed by atoms with Gasteiger partial charge in [-0.2, -0.15) is 0 Å². The first-order valence-corrected chi connectivity index (χ1v) is 6.85. The van der Waals surface area contributed by atoms with Gasteiger partial charge in [-0.25, -0.2) is 8.42 Å². The van der Waals surface area contributed by atoms with Crippen LogP contribution in [0.3, 0.4) is 0 Å². The highest BCUT2D eigenvalue weighted by molar-refractivity contribution is 7.90. The average Bonchev–Trinajstić information content (AvgIpc) is 1.78. The van der Waals surface area contributed by atoms with E-state index < -0.39 is 23.2 Å². The second-order valence-electron chi connectivity index (χ2n) is 2.57. The van der Waals surface area contributed by atoms with E-state index >= 15 is 0 Å². The van der Waals surface area contributed by atoms with Crippen molar-refractivity contribution in [1.29, 1.82) is 0 Å². The first kappa shape index (κ1) is 12.1. The van der Waals surface area contributed by atoms with Gasteiger partial charge in [-0.05, 0) is 6.42 Å². The topological polar surface area (TPSA) is 118 Å². The number of hydrogen-bond acceptors (Lipinski definition) is 4. The Morgan fingerprint density at radius 1 is 1.50 bits per heavy atom. The molecular formula is C4H12NO5PS. The highest BCUT2D eigenvalue weighted by Crippen LogP contribution is 2.39. The zero-order valence-corrected chi connectivity index (χ0v) is 8.25. The van der Waals surface area contributed by atoms with Crippen molar-refractivity contribution in [3.8, 4) is 0 Å². The molecule has 1 atom stereocenters. The second-order valence-corrected chi connectivity index (χ2v) is 6.68. The molecule has 6 nitrogen and oxygen atoms in total. The van der Waals surface area contributed by atoms with E-state index in [9.17, 15) is 13.0 Å². The van der Waals surface area contributed by atoms with Gasteiger partial charge in [0, 0.05) is 6.26 Å². The Labute approximate surface area is 70.9 Å². The van der Waals surface area contributed by atoms with Gasteiger partial charge >= 0.3 is 7.60 Å². The summed E-state index contributed by atoms with van der Waals surface area (Å²) in [5.74, 6) is -1.69. The quantitative estimate of drug-likeness (QED) is 0.513. The maximum Gasteiger partial charge on any atom is 0.342 e. The predicted octanol–water partition coefficient (Wildman–Crippen LogP) is -1.12. The molecule has 12 heavy (non-hydrogen) atoms. The highest BCUT2D eigenvalue weighted by Gasteiger charge is 2.25. The average molecular weight is 217 g/mol. The van der Waals surface area contributed by atoms with E-state index in [1.165, 1.54) is 0 Å². The molecule has 74 valence electrons. The molecular weight excluding hydrogens is 205 g/mol. The molecule has 4 N–H and O–H groups in total. The maximum atomic E-state index is 10.6. The molecule has 0 aliphatic carbocycles. The lowest BCUT2D eigenvalue weighted by Crippen LogP contribution is -2.23. The summed E-state index contributed by atoms with van der Waals surface area (Å²) >= 11 is 0. The van der Waals surface area contributed by atoms with Crippen LogP contribution in [0.1, 0.15) is 6.42 Å². The van der Waals surface area contributed by atoms with Crippen LogP contribution in [0, 0.1) is 0 Å². The van der Waals surface area contributed by atoms with Crippen LogP contribution in [0.4, 0.5) is 0 Å². The monoisotopic (exact) mass is 217 g/mol. The van der Waals surface area contributed by atoms with Crippen molar-refractivity contribution >= 4 is 17.4 Å². The van der Waals surface area contributed by atoms with Gasteiger partial charge in [0.05, 0.1) is 5.75 Å². The SMILES string of the molecule is CS(=O)(=O)CC[C@@H](N)P(=O)(O)O. The predicted molar refractivity (Wildman–Crippen MR) is 44.3 cm³/mol. The number of sulfone groups is 1. The third-order valence-electron chi connectivity index (χ3n) is 1.22. The van der Waals surface area contributed by atoms with Gasteiger partial charge in [0.15, 0.2) is 0 Å². The molecule has 0 rings (SSSR count). The van der Waals surface area contributed by atoms with Gasteiger partial charge < -0.3 is 15.5 Å². The van der Waals surface area contributed by atoms with Gasteiger partial charge in [0.25, 0.3) is 0 Å². The molecule has 0 unspecified atom stereocenters. The molecule has 8 heteroatoms. The third-order valence-corrected chi connectivity index (χ3v) is 3.32. The van der Waals surface area contributed by atoms with Crippen molar-refractivity contribution in [2.24, 2.45) is 5.73 Å². The van der Waals surface area contributed by atoms with Gasteiger partial charge in [0.2, 0.25) is 0 Å². The van der Waals surface area contributed by atoms with Crippen LogP contribution >= 0.6 is 7.60 Å². The Kier molecular flexibility index (Phi) is 3.87. The van der Waals surface area contributed by atoms with Crippen molar-refractivity contribution in [3.05, 3.63) is 0 Å². The van der Waals surface area contributed by atoms with E-state index in [-0.39, 0.29) is 12.2 Å². The lowest BCUT2D eigenvalue weighted by molar-refractivity contribution is 0.357. The molecule has 0 aliphatic rings. The van der Waals surface area contributed by atoms with Gasteiger partial charge in [-0.1, -0.05) is 0 Å². The van der Waals surface area contributed by atoms with Crippen molar-refractivity contribution in [2.45, 2.75) is 12.2 Å². The molecule has 0 aromatic heterocycles. The maximum absolute atomic E-state index is 10.6. The molecule has 0 saturated heterocycles. The van der Waals surface area contributed by atoms with Crippen molar-refractivity contribution < 1.29 is 22.8 Å². The van der Waals surface area contributed by atoms with Crippen molar-refractivity contribution in [1.82, 2.24) is 0 Å². The summed E-state index contributed by atoms with van der Waals surface area (Å²) < 4.78 is 31.5. The highest BCUT2D eigenvalue weighted by atomic mass is 32.2. The molecule has 0 amide bonds. The Morgan fingerprint density at radius 2 is 1.92 bits per heavy atom. The summed E-state index contributed by atoms with van der Waals surface area (Å²) in [6.07, 6.45) is 0.766.